The molecule has 0 aliphatic carbocycles. The van der Waals surface area contributed by atoms with Crippen LogP contribution in [0.2, 0.25) is 0 Å². The van der Waals surface area contributed by atoms with Gasteiger partial charge in [-0.05, 0) is 0 Å². The maximum atomic E-state index is 5.59. The molecule has 5 heteroatoms. The van der Waals surface area contributed by atoms with Crippen molar-refractivity contribution in [2.45, 2.75) is 0 Å². The van der Waals surface area contributed by atoms with Crippen LogP contribution in [-0.4, -0.2) is 19.3 Å². The molecule has 0 radical (unpaired) electrons. The molecule has 4 nitrogen and oxygen atoms in total. The van der Waals surface area contributed by atoms with E-state index in [1.54, 1.807) is 12.4 Å². The van der Waals surface area contributed by atoms with E-state index in [1.807, 2.05) is 0 Å². The van der Waals surface area contributed by atoms with E-state index >= 15 is 0 Å². The van der Waals surface area contributed by atoms with Crippen molar-refractivity contribution in [3.8, 4) is 0 Å². The Labute approximate surface area is 61.6 Å². The maximum absolute atomic E-state index is 5.59. The minimum atomic E-state index is 0.636. The zero-order valence-corrected chi connectivity index (χ0v) is 5.65. The standard InChI is InChI=1S/C5H3ClN4/c6-10-5-4(2-9-10)1-7-3-8-5/h1-3H. The predicted molar refractivity (Wildman–Crippen MR) is 36.6 cm³/mol. The lowest BCUT2D eigenvalue weighted by molar-refractivity contribution is 1.00. The molecule has 2 rings (SSSR count). The molecule has 50 valence electrons. The molecule has 0 aliphatic heterocycles. The van der Waals surface area contributed by atoms with E-state index in [1.165, 1.54) is 10.5 Å². The lowest BCUT2D eigenvalue weighted by atomic mass is 10.5. The molecule has 2 heterocycles. The largest absolute Gasteiger partial charge is 0.244 e. The van der Waals surface area contributed by atoms with Gasteiger partial charge in [0, 0.05) is 18.0 Å². The molecule has 0 atom stereocenters. The fourth-order valence-corrected chi connectivity index (χ4v) is 0.932. The highest BCUT2D eigenvalue weighted by Crippen LogP contribution is 2.07. The highest BCUT2D eigenvalue weighted by molar-refractivity contribution is 6.17. The summed E-state index contributed by atoms with van der Waals surface area (Å²) in [6.07, 6.45) is 4.71. The van der Waals surface area contributed by atoms with Crippen molar-refractivity contribution in [2.75, 3.05) is 0 Å². The van der Waals surface area contributed by atoms with Crippen molar-refractivity contribution in [1.29, 1.82) is 0 Å². The van der Waals surface area contributed by atoms with E-state index in [0.717, 1.165) is 5.39 Å². The summed E-state index contributed by atoms with van der Waals surface area (Å²) in [5, 5.41) is 4.62. The Hall–Kier alpha value is -1.16. The fraction of sp³-hybridized carbons (Fsp3) is 0. The summed E-state index contributed by atoms with van der Waals surface area (Å²) < 4.78 is 1.19. The van der Waals surface area contributed by atoms with E-state index in [0.29, 0.717) is 5.65 Å². The summed E-state index contributed by atoms with van der Waals surface area (Å²) in [5.74, 6) is 0. The highest BCUT2D eigenvalue weighted by atomic mass is 35.5. The Kier molecular flexibility index (Phi) is 1.07. The van der Waals surface area contributed by atoms with Gasteiger partial charge in [0.25, 0.3) is 0 Å². The zero-order valence-electron chi connectivity index (χ0n) is 4.90. The van der Waals surface area contributed by atoms with Gasteiger partial charge in [0.05, 0.1) is 11.6 Å². The van der Waals surface area contributed by atoms with E-state index in [9.17, 15) is 0 Å². The molecule has 0 fully saturated rings. The van der Waals surface area contributed by atoms with Gasteiger partial charge in [-0.1, -0.05) is 0 Å². The van der Waals surface area contributed by atoms with Crippen LogP contribution < -0.4 is 0 Å². The summed E-state index contributed by atoms with van der Waals surface area (Å²) in [4.78, 5) is 7.70. The molecule has 0 saturated heterocycles. The molecule has 0 aromatic carbocycles. The monoisotopic (exact) mass is 154 g/mol. The number of hydrogen-bond acceptors (Lipinski definition) is 3. The first-order chi connectivity index (χ1) is 4.88. The average molecular weight is 155 g/mol. The number of fused-ring (bicyclic) bond motifs is 1. The van der Waals surface area contributed by atoms with E-state index < -0.39 is 0 Å². The van der Waals surface area contributed by atoms with Gasteiger partial charge in [0.15, 0.2) is 5.65 Å². The van der Waals surface area contributed by atoms with Crippen LogP contribution in [0.4, 0.5) is 0 Å². The van der Waals surface area contributed by atoms with Crippen LogP contribution in [-0.2, 0) is 0 Å². The van der Waals surface area contributed by atoms with Crippen molar-refractivity contribution in [2.24, 2.45) is 0 Å². The molecule has 0 spiro atoms. The van der Waals surface area contributed by atoms with Gasteiger partial charge in [-0.15, -0.1) is 0 Å². The van der Waals surface area contributed by atoms with Gasteiger partial charge >= 0.3 is 0 Å². The van der Waals surface area contributed by atoms with Gasteiger partial charge in [-0.3, -0.25) is 0 Å². The first kappa shape index (κ1) is 5.61. The molecule has 0 bridgehead atoms. The minimum Gasteiger partial charge on any atom is -0.244 e. The topological polar surface area (TPSA) is 43.6 Å². The van der Waals surface area contributed by atoms with Crippen LogP contribution in [0.25, 0.3) is 11.0 Å². The number of nitrogens with zero attached hydrogens (tertiary/aromatic N) is 4. The Morgan fingerprint density at radius 1 is 1.40 bits per heavy atom. The molecule has 0 unspecified atom stereocenters. The summed E-state index contributed by atoms with van der Waals surface area (Å²) in [5.41, 5.74) is 0.636. The first-order valence-electron chi connectivity index (χ1n) is 2.68. The molecular formula is C5H3ClN4. The van der Waals surface area contributed by atoms with Gasteiger partial charge in [-0.2, -0.15) is 9.30 Å². The van der Waals surface area contributed by atoms with Gasteiger partial charge < -0.3 is 0 Å². The molecule has 2 aromatic heterocycles. The Morgan fingerprint density at radius 3 is 3.10 bits per heavy atom. The lowest BCUT2D eigenvalue weighted by Crippen LogP contribution is -1.84. The lowest BCUT2D eigenvalue weighted by Gasteiger charge is -1.85. The van der Waals surface area contributed by atoms with Crippen molar-refractivity contribution >= 4 is 22.8 Å². The van der Waals surface area contributed by atoms with Crippen molar-refractivity contribution < 1.29 is 0 Å². The van der Waals surface area contributed by atoms with Gasteiger partial charge in [0.2, 0.25) is 0 Å². The van der Waals surface area contributed by atoms with E-state index in [-0.39, 0.29) is 0 Å². The Morgan fingerprint density at radius 2 is 2.30 bits per heavy atom. The zero-order chi connectivity index (χ0) is 6.97. The van der Waals surface area contributed by atoms with Crippen LogP contribution in [0.1, 0.15) is 0 Å². The van der Waals surface area contributed by atoms with E-state index in [2.05, 4.69) is 15.1 Å². The molecule has 0 saturated carbocycles. The molecule has 0 amide bonds. The van der Waals surface area contributed by atoms with Gasteiger partial charge in [0.1, 0.15) is 6.33 Å². The third kappa shape index (κ3) is 0.657. The number of hydrogen-bond donors (Lipinski definition) is 0. The van der Waals surface area contributed by atoms with Gasteiger partial charge in [-0.25, -0.2) is 9.97 Å². The summed E-state index contributed by atoms with van der Waals surface area (Å²) in [7, 11) is 0. The van der Waals surface area contributed by atoms with Crippen LogP contribution in [0.15, 0.2) is 18.7 Å². The third-order valence-corrected chi connectivity index (χ3v) is 1.44. The molecule has 10 heavy (non-hydrogen) atoms. The van der Waals surface area contributed by atoms with Crippen molar-refractivity contribution in [1.82, 2.24) is 19.3 Å². The average Bonchev–Trinajstić information content (AvgIpc) is 2.34. The molecule has 2 aromatic rings. The van der Waals surface area contributed by atoms with Crippen LogP contribution in [0.3, 0.4) is 0 Å². The quantitative estimate of drug-likeness (QED) is 0.565. The van der Waals surface area contributed by atoms with Crippen LogP contribution in [0.5, 0.6) is 0 Å². The minimum absolute atomic E-state index is 0.636. The van der Waals surface area contributed by atoms with Crippen molar-refractivity contribution in [3.63, 3.8) is 0 Å². The second-order valence-corrected chi connectivity index (χ2v) is 2.13. The Balaban J connectivity index is 2.93. The SMILES string of the molecule is Cln1ncc2cncnc21. The Bertz CT molecular complexity index is 355. The maximum Gasteiger partial charge on any atom is 0.178 e. The molecule has 0 aliphatic rings. The number of halogens is 1. The predicted octanol–water partition coefficient (Wildman–Crippen LogP) is 0.828. The number of rotatable bonds is 0. The summed E-state index contributed by atoms with van der Waals surface area (Å²) >= 11 is 5.59. The van der Waals surface area contributed by atoms with Crippen molar-refractivity contribution in [3.05, 3.63) is 18.7 Å². The molecule has 0 N–H and O–H groups in total. The number of aromatic nitrogens is 4. The van der Waals surface area contributed by atoms with Crippen LogP contribution >= 0.6 is 11.8 Å². The highest BCUT2D eigenvalue weighted by Gasteiger charge is 1.98. The third-order valence-electron chi connectivity index (χ3n) is 1.19. The second kappa shape index (κ2) is 1.91. The smallest absolute Gasteiger partial charge is 0.178 e. The second-order valence-electron chi connectivity index (χ2n) is 1.81. The fourth-order valence-electron chi connectivity index (χ4n) is 0.747. The first-order valence-corrected chi connectivity index (χ1v) is 3.01. The summed E-state index contributed by atoms with van der Waals surface area (Å²) in [6.45, 7) is 0. The molecular weight excluding hydrogens is 152 g/mol. The normalized spacial score (nSPS) is 10.5. The van der Waals surface area contributed by atoms with E-state index in [4.69, 9.17) is 11.8 Å². The van der Waals surface area contributed by atoms with Crippen LogP contribution in [0, 0.1) is 0 Å². The summed E-state index contributed by atoms with van der Waals surface area (Å²) in [6, 6.07) is 0.